The summed E-state index contributed by atoms with van der Waals surface area (Å²) in [6, 6.07) is 12.4. The molecule has 0 spiro atoms. The van der Waals surface area contributed by atoms with Gasteiger partial charge in [0.25, 0.3) is 5.91 Å². The number of anilines is 1. The number of benzene rings is 2. The lowest BCUT2D eigenvalue weighted by Crippen LogP contribution is -2.51. The first-order valence-corrected chi connectivity index (χ1v) is 9.23. The molecule has 152 valence electrons. The molecule has 7 nitrogen and oxygen atoms in total. The summed E-state index contributed by atoms with van der Waals surface area (Å²) in [4.78, 5) is 40.2. The molecule has 1 N–H and O–H groups in total. The van der Waals surface area contributed by atoms with Crippen molar-refractivity contribution < 1.29 is 23.5 Å². The number of carbonyl (C=O) groups is 3. The van der Waals surface area contributed by atoms with E-state index < -0.39 is 17.5 Å². The molecule has 8 heteroatoms. The maximum absolute atomic E-state index is 12.9. The van der Waals surface area contributed by atoms with E-state index in [0.29, 0.717) is 26.2 Å². The van der Waals surface area contributed by atoms with Crippen LogP contribution < -0.4 is 15.0 Å². The topological polar surface area (TPSA) is 79.0 Å². The molecule has 0 radical (unpaired) electrons. The third-order valence-electron chi connectivity index (χ3n) is 4.76. The highest BCUT2D eigenvalue weighted by molar-refractivity contribution is 6.43. The minimum absolute atomic E-state index is 0.0725. The van der Waals surface area contributed by atoms with Crippen molar-refractivity contribution in [2.45, 2.75) is 0 Å². The van der Waals surface area contributed by atoms with Crippen molar-refractivity contribution in [3.05, 3.63) is 59.9 Å². The Kier molecular flexibility index (Phi) is 6.43. The predicted octanol–water partition coefficient (Wildman–Crippen LogP) is 1.48. The second kappa shape index (κ2) is 9.18. The molecule has 2 aromatic carbocycles. The van der Waals surface area contributed by atoms with Gasteiger partial charge in [0.1, 0.15) is 11.6 Å². The van der Waals surface area contributed by atoms with Crippen LogP contribution >= 0.6 is 0 Å². The van der Waals surface area contributed by atoms with E-state index in [1.807, 2.05) is 24.3 Å². The smallest absolute Gasteiger partial charge is 0.292 e. The van der Waals surface area contributed by atoms with E-state index in [2.05, 4.69) is 10.2 Å². The standard InChI is InChI=1S/C21H22FN3O4/c1-29-18-4-2-3-17(13-18)24-9-11-25(12-10-24)19(26)14-23-21(28)20(27)15-5-7-16(22)8-6-15/h2-8,13H,9-12,14H2,1H3,(H,23,28). The van der Waals surface area contributed by atoms with Crippen LogP contribution in [0.4, 0.5) is 10.1 Å². The molecule has 1 aliphatic heterocycles. The number of methoxy groups -OCH3 is 1. The Hall–Kier alpha value is -3.42. The van der Waals surface area contributed by atoms with Gasteiger partial charge in [-0.15, -0.1) is 0 Å². The van der Waals surface area contributed by atoms with Gasteiger partial charge in [0, 0.05) is 43.5 Å². The van der Waals surface area contributed by atoms with Crippen molar-refractivity contribution in [1.29, 1.82) is 0 Å². The van der Waals surface area contributed by atoms with Gasteiger partial charge in [-0.2, -0.15) is 0 Å². The summed E-state index contributed by atoms with van der Waals surface area (Å²) in [5, 5.41) is 2.35. The number of hydrogen-bond acceptors (Lipinski definition) is 5. The molecule has 0 aliphatic carbocycles. The average Bonchev–Trinajstić information content (AvgIpc) is 2.77. The number of piperazine rings is 1. The highest BCUT2D eigenvalue weighted by atomic mass is 19.1. The zero-order valence-electron chi connectivity index (χ0n) is 16.1. The first kappa shape index (κ1) is 20.3. The van der Waals surface area contributed by atoms with E-state index in [-0.39, 0.29) is 18.0 Å². The van der Waals surface area contributed by atoms with Crippen molar-refractivity contribution in [3.63, 3.8) is 0 Å². The highest BCUT2D eigenvalue weighted by Crippen LogP contribution is 2.22. The second-order valence-electron chi connectivity index (χ2n) is 6.59. The largest absolute Gasteiger partial charge is 0.497 e. The molecule has 1 heterocycles. The number of Topliss-reactive ketones (excluding diaryl/α,β-unsaturated/α-hetero) is 1. The molecule has 0 aromatic heterocycles. The lowest BCUT2D eigenvalue weighted by molar-refractivity contribution is -0.132. The van der Waals surface area contributed by atoms with Crippen LogP contribution in [-0.2, 0) is 9.59 Å². The molecule has 1 saturated heterocycles. The molecule has 2 aromatic rings. The Morgan fingerprint density at radius 1 is 1.03 bits per heavy atom. The third-order valence-corrected chi connectivity index (χ3v) is 4.76. The number of hydrogen-bond donors (Lipinski definition) is 1. The molecule has 0 bridgehead atoms. The van der Waals surface area contributed by atoms with Crippen molar-refractivity contribution >= 4 is 23.3 Å². The first-order chi connectivity index (χ1) is 14.0. The quantitative estimate of drug-likeness (QED) is 0.588. The van der Waals surface area contributed by atoms with Crippen LogP contribution in [0.2, 0.25) is 0 Å². The Morgan fingerprint density at radius 2 is 1.72 bits per heavy atom. The summed E-state index contributed by atoms with van der Waals surface area (Å²) in [7, 11) is 1.62. The number of ketones is 1. The molecule has 0 saturated carbocycles. The number of nitrogens with zero attached hydrogens (tertiary/aromatic N) is 2. The van der Waals surface area contributed by atoms with Gasteiger partial charge >= 0.3 is 0 Å². The van der Waals surface area contributed by atoms with Crippen LogP contribution in [0.5, 0.6) is 5.75 Å². The van der Waals surface area contributed by atoms with Gasteiger partial charge in [-0.1, -0.05) is 6.07 Å². The maximum Gasteiger partial charge on any atom is 0.292 e. The molecule has 0 atom stereocenters. The first-order valence-electron chi connectivity index (χ1n) is 9.23. The van der Waals surface area contributed by atoms with Gasteiger partial charge in [-0.05, 0) is 36.4 Å². The number of rotatable bonds is 6. The predicted molar refractivity (Wildman–Crippen MR) is 106 cm³/mol. The lowest BCUT2D eigenvalue weighted by atomic mass is 10.1. The molecule has 2 amide bonds. The van der Waals surface area contributed by atoms with Crippen molar-refractivity contribution in [2.24, 2.45) is 0 Å². The minimum atomic E-state index is -0.889. The fourth-order valence-electron chi connectivity index (χ4n) is 3.10. The summed E-state index contributed by atoms with van der Waals surface area (Å²) in [6.45, 7) is 2.07. The molecule has 1 fully saturated rings. The van der Waals surface area contributed by atoms with Crippen LogP contribution in [0.15, 0.2) is 48.5 Å². The Bertz CT molecular complexity index is 893. The van der Waals surface area contributed by atoms with E-state index in [4.69, 9.17) is 4.74 Å². The van der Waals surface area contributed by atoms with E-state index in [0.717, 1.165) is 23.6 Å². The number of ether oxygens (including phenoxy) is 1. The maximum atomic E-state index is 12.9. The van der Waals surface area contributed by atoms with E-state index in [9.17, 15) is 18.8 Å². The fourth-order valence-corrected chi connectivity index (χ4v) is 3.10. The van der Waals surface area contributed by atoms with Gasteiger partial charge < -0.3 is 19.9 Å². The minimum Gasteiger partial charge on any atom is -0.497 e. The van der Waals surface area contributed by atoms with Crippen LogP contribution in [0.3, 0.4) is 0 Å². The van der Waals surface area contributed by atoms with Gasteiger partial charge in [0.05, 0.1) is 13.7 Å². The van der Waals surface area contributed by atoms with Crippen molar-refractivity contribution in [1.82, 2.24) is 10.2 Å². The Balaban J connectivity index is 1.47. The highest BCUT2D eigenvalue weighted by Gasteiger charge is 2.23. The fraction of sp³-hybridized carbons (Fsp3) is 0.286. The zero-order chi connectivity index (χ0) is 20.8. The van der Waals surface area contributed by atoms with Crippen LogP contribution in [0, 0.1) is 5.82 Å². The molecule has 1 aliphatic rings. The summed E-state index contributed by atoms with van der Waals surface area (Å²) < 4.78 is 18.2. The third kappa shape index (κ3) is 5.10. The average molecular weight is 399 g/mol. The SMILES string of the molecule is COc1cccc(N2CCN(C(=O)CNC(=O)C(=O)c3ccc(F)cc3)CC2)c1. The van der Waals surface area contributed by atoms with Gasteiger partial charge in [-0.3, -0.25) is 14.4 Å². The summed E-state index contributed by atoms with van der Waals surface area (Å²) in [5.74, 6) is -1.67. The molecular formula is C21H22FN3O4. The molecule has 29 heavy (non-hydrogen) atoms. The van der Waals surface area contributed by atoms with Gasteiger partial charge in [0.2, 0.25) is 11.7 Å². The van der Waals surface area contributed by atoms with E-state index in [1.165, 1.54) is 12.1 Å². The summed E-state index contributed by atoms with van der Waals surface area (Å²) in [5.41, 5.74) is 1.10. The summed E-state index contributed by atoms with van der Waals surface area (Å²) in [6.07, 6.45) is 0. The normalized spacial score (nSPS) is 13.7. The molecule has 3 rings (SSSR count). The monoisotopic (exact) mass is 399 g/mol. The number of carbonyl (C=O) groups excluding carboxylic acids is 3. The number of amides is 2. The molecular weight excluding hydrogens is 377 g/mol. The van der Waals surface area contributed by atoms with E-state index >= 15 is 0 Å². The van der Waals surface area contributed by atoms with Crippen LogP contribution in [0.1, 0.15) is 10.4 Å². The lowest BCUT2D eigenvalue weighted by Gasteiger charge is -2.36. The van der Waals surface area contributed by atoms with Crippen LogP contribution in [0.25, 0.3) is 0 Å². The summed E-state index contributed by atoms with van der Waals surface area (Å²) >= 11 is 0. The van der Waals surface area contributed by atoms with Gasteiger partial charge in [-0.25, -0.2) is 4.39 Å². The van der Waals surface area contributed by atoms with Gasteiger partial charge in [0.15, 0.2) is 0 Å². The molecule has 0 unspecified atom stereocenters. The Labute approximate surface area is 168 Å². The number of halogens is 1. The second-order valence-corrected chi connectivity index (χ2v) is 6.59. The van der Waals surface area contributed by atoms with Crippen LogP contribution in [-0.4, -0.2) is 62.3 Å². The van der Waals surface area contributed by atoms with E-state index in [1.54, 1.807) is 12.0 Å². The zero-order valence-corrected chi connectivity index (χ0v) is 16.1. The van der Waals surface area contributed by atoms with Crippen molar-refractivity contribution in [2.75, 3.05) is 44.7 Å². The Morgan fingerprint density at radius 3 is 2.38 bits per heavy atom. The number of nitrogens with one attached hydrogen (secondary N) is 1. The van der Waals surface area contributed by atoms with Crippen molar-refractivity contribution in [3.8, 4) is 5.75 Å².